The van der Waals surface area contributed by atoms with E-state index in [2.05, 4.69) is 29.0 Å². The number of morpholine rings is 1. The van der Waals surface area contributed by atoms with Crippen LogP contribution in [0.3, 0.4) is 0 Å². The lowest BCUT2D eigenvalue weighted by molar-refractivity contribution is 0.0949. The molecule has 0 bridgehead atoms. The number of hydrogen-bond acceptors (Lipinski definition) is 7. The van der Waals surface area contributed by atoms with Crippen LogP contribution in [0.1, 0.15) is 35.5 Å². The van der Waals surface area contributed by atoms with Crippen LogP contribution in [0, 0.1) is 5.92 Å². The first kappa shape index (κ1) is 22.5. The summed E-state index contributed by atoms with van der Waals surface area (Å²) >= 11 is 1.56. The van der Waals surface area contributed by atoms with Crippen molar-refractivity contribution in [3.05, 3.63) is 47.2 Å². The Hall–Kier alpha value is -2.16. The highest BCUT2D eigenvalue weighted by Gasteiger charge is 2.15. The molecule has 1 fully saturated rings. The van der Waals surface area contributed by atoms with E-state index in [4.69, 9.17) is 14.5 Å². The van der Waals surface area contributed by atoms with Gasteiger partial charge in [-0.05, 0) is 23.6 Å². The van der Waals surface area contributed by atoms with E-state index in [1.807, 2.05) is 30.3 Å². The SMILES string of the molecule is COCc1cc(N2CCOCC2)nc(SCc2cccc(C(=O)NCC(C)C)c2)n1. The molecule has 0 aliphatic carbocycles. The second kappa shape index (κ2) is 11.3. The van der Waals surface area contributed by atoms with Crippen LogP contribution in [0.4, 0.5) is 5.82 Å². The molecule has 0 spiro atoms. The van der Waals surface area contributed by atoms with Crippen LogP contribution >= 0.6 is 11.8 Å². The van der Waals surface area contributed by atoms with Gasteiger partial charge >= 0.3 is 0 Å². The van der Waals surface area contributed by atoms with Crippen LogP contribution < -0.4 is 10.2 Å². The molecule has 3 rings (SSSR count). The summed E-state index contributed by atoms with van der Waals surface area (Å²) in [4.78, 5) is 23.9. The van der Waals surface area contributed by atoms with Crippen molar-refractivity contribution in [2.75, 3.05) is 44.9 Å². The highest BCUT2D eigenvalue weighted by Crippen LogP contribution is 2.24. The fourth-order valence-electron chi connectivity index (χ4n) is 3.05. The molecular weight excluding hydrogens is 400 g/mol. The number of carbonyl (C=O) groups excluding carboxylic acids is 1. The highest BCUT2D eigenvalue weighted by molar-refractivity contribution is 7.98. The molecule has 1 amide bonds. The largest absolute Gasteiger partial charge is 0.378 e. The third-order valence-electron chi connectivity index (χ3n) is 4.60. The fraction of sp³-hybridized carbons (Fsp3) is 0.500. The minimum absolute atomic E-state index is 0.0384. The lowest BCUT2D eigenvalue weighted by Crippen LogP contribution is -2.37. The Morgan fingerprint density at radius 3 is 2.80 bits per heavy atom. The molecule has 1 aromatic carbocycles. The van der Waals surface area contributed by atoms with Crippen molar-refractivity contribution in [2.45, 2.75) is 31.4 Å². The number of anilines is 1. The molecule has 2 aromatic rings. The monoisotopic (exact) mass is 430 g/mol. The number of benzene rings is 1. The predicted molar refractivity (Wildman–Crippen MR) is 119 cm³/mol. The number of aromatic nitrogens is 2. The van der Waals surface area contributed by atoms with Crippen LogP contribution in [0.15, 0.2) is 35.5 Å². The summed E-state index contributed by atoms with van der Waals surface area (Å²) in [6, 6.07) is 9.70. The normalized spacial score (nSPS) is 14.2. The van der Waals surface area contributed by atoms with E-state index in [0.29, 0.717) is 48.8 Å². The van der Waals surface area contributed by atoms with E-state index in [0.717, 1.165) is 30.2 Å². The number of amides is 1. The molecule has 7 nitrogen and oxygen atoms in total. The molecule has 8 heteroatoms. The summed E-state index contributed by atoms with van der Waals surface area (Å²) in [6.45, 7) is 8.32. The first-order valence-corrected chi connectivity index (χ1v) is 11.2. The van der Waals surface area contributed by atoms with Crippen molar-refractivity contribution in [3.8, 4) is 0 Å². The molecule has 0 unspecified atom stereocenters. The van der Waals surface area contributed by atoms with E-state index in [1.165, 1.54) is 0 Å². The zero-order valence-electron chi connectivity index (χ0n) is 17.9. The second-order valence-corrected chi connectivity index (χ2v) is 8.57. The maximum Gasteiger partial charge on any atom is 0.251 e. The van der Waals surface area contributed by atoms with Crippen LogP contribution in [0.5, 0.6) is 0 Å². The molecule has 2 heterocycles. The Labute approximate surface area is 182 Å². The first-order chi connectivity index (χ1) is 14.5. The van der Waals surface area contributed by atoms with Gasteiger partial charge < -0.3 is 19.7 Å². The molecule has 1 N–H and O–H groups in total. The average molecular weight is 431 g/mol. The van der Waals surface area contributed by atoms with Gasteiger partial charge in [-0.2, -0.15) is 0 Å². The lowest BCUT2D eigenvalue weighted by atomic mass is 10.1. The standard InChI is InChI=1S/C22H30N4O3S/c1-16(2)13-23-21(27)18-6-4-5-17(11-18)15-30-22-24-19(14-28-3)12-20(25-22)26-7-9-29-10-8-26/h4-6,11-12,16H,7-10,13-15H2,1-3H3,(H,23,27). The number of thioether (sulfide) groups is 1. The van der Waals surface area contributed by atoms with Gasteiger partial charge in [0.25, 0.3) is 5.91 Å². The molecule has 162 valence electrons. The van der Waals surface area contributed by atoms with Crippen LogP contribution in [0.25, 0.3) is 0 Å². The van der Waals surface area contributed by atoms with E-state index in [-0.39, 0.29) is 5.91 Å². The lowest BCUT2D eigenvalue weighted by Gasteiger charge is -2.28. The summed E-state index contributed by atoms with van der Waals surface area (Å²) in [5, 5.41) is 3.67. The topological polar surface area (TPSA) is 76.6 Å². The maximum atomic E-state index is 12.3. The van der Waals surface area contributed by atoms with Crippen molar-refractivity contribution in [2.24, 2.45) is 5.92 Å². The van der Waals surface area contributed by atoms with Gasteiger partial charge in [0, 0.05) is 44.1 Å². The number of nitrogens with one attached hydrogen (secondary N) is 1. The number of nitrogens with zero attached hydrogens (tertiary/aromatic N) is 3. The number of rotatable bonds is 9. The number of carbonyl (C=O) groups is 1. The van der Waals surface area contributed by atoms with Gasteiger partial charge in [0.15, 0.2) is 5.16 Å². The quantitative estimate of drug-likeness (QED) is 0.484. The number of ether oxygens (including phenoxy) is 2. The molecular formula is C22H30N4O3S. The molecule has 1 aliphatic heterocycles. The Kier molecular flexibility index (Phi) is 8.48. The van der Waals surface area contributed by atoms with Crippen LogP contribution in [0.2, 0.25) is 0 Å². The van der Waals surface area contributed by atoms with Gasteiger partial charge in [-0.25, -0.2) is 9.97 Å². The molecule has 1 saturated heterocycles. The zero-order chi connectivity index (χ0) is 21.3. The highest BCUT2D eigenvalue weighted by atomic mass is 32.2. The Balaban J connectivity index is 1.69. The van der Waals surface area contributed by atoms with E-state index < -0.39 is 0 Å². The Morgan fingerprint density at radius 2 is 2.07 bits per heavy atom. The van der Waals surface area contributed by atoms with Crippen molar-refractivity contribution in [3.63, 3.8) is 0 Å². The summed E-state index contributed by atoms with van der Waals surface area (Å²) in [5.41, 5.74) is 2.60. The third kappa shape index (κ3) is 6.68. The van der Waals surface area contributed by atoms with Gasteiger partial charge in [-0.1, -0.05) is 37.7 Å². The van der Waals surface area contributed by atoms with Gasteiger partial charge in [0.1, 0.15) is 5.82 Å². The Morgan fingerprint density at radius 1 is 1.27 bits per heavy atom. The second-order valence-electron chi connectivity index (χ2n) is 7.63. The van der Waals surface area contributed by atoms with Crippen molar-refractivity contribution < 1.29 is 14.3 Å². The predicted octanol–water partition coefficient (Wildman–Crippen LogP) is 3.14. The van der Waals surface area contributed by atoms with Gasteiger partial charge in [-0.15, -0.1) is 0 Å². The van der Waals surface area contributed by atoms with Crippen LogP contribution in [-0.2, 0) is 21.8 Å². The molecule has 0 saturated carbocycles. The summed E-state index contributed by atoms with van der Waals surface area (Å²) in [5.74, 6) is 1.97. The van der Waals surface area contributed by atoms with Gasteiger partial charge in [0.2, 0.25) is 0 Å². The molecule has 0 atom stereocenters. The number of hydrogen-bond donors (Lipinski definition) is 1. The summed E-state index contributed by atoms with van der Waals surface area (Å²) in [6.07, 6.45) is 0. The minimum Gasteiger partial charge on any atom is -0.378 e. The van der Waals surface area contributed by atoms with Crippen LogP contribution in [-0.4, -0.2) is 55.8 Å². The minimum atomic E-state index is -0.0384. The van der Waals surface area contributed by atoms with Gasteiger partial charge in [0.05, 0.1) is 25.5 Å². The average Bonchev–Trinajstić information content (AvgIpc) is 2.77. The molecule has 30 heavy (non-hydrogen) atoms. The maximum absolute atomic E-state index is 12.3. The van der Waals surface area contributed by atoms with E-state index >= 15 is 0 Å². The summed E-state index contributed by atoms with van der Waals surface area (Å²) < 4.78 is 10.7. The zero-order valence-corrected chi connectivity index (χ0v) is 18.7. The summed E-state index contributed by atoms with van der Waals surface area (Å²) in [7, 11) is 1.67. The van der Waals surface area contributed by atoms with Crippen molar-refractivity contribution in [1.29, 1.82) is 0 Å². The van der Waals surface area contributed by atoms with E-state index in [9.17, 15) is 4.79 Å². The van der Waals surface area contributed by atoms with Crippen molar-refractivity contribution in [1.82, 2.24) is 15.3 Å². The number of methoxy groups -OCH3 is 1. The van der Waals surface area contributed by atoms with E-state index in [1.54, 1.807) is 18.9 Å². The smallest absolute Gasteiger partial charge is 0.251 e. The third-order valence-corrected chi connectivity index (χ3v) is 5.52. The Bertz CT molecular complexity index is 841. The molecule has 1 aliphatic rings. The molecule has 0 radical (unpaired) electrons. The first-order valence-electron chi connectivity index (χ1n) is 10.2. The molecule has 1 aromatic heterocycles. The fourth-order valence-corrected chi connectivity index (χ4v) is 3.86. The van der Waals surface area contributed by atoms with Gasteiger partial charge in [-0.3, -0.25) is 4.79 Å². The van der Waals surface area contributed by atoms with Crippen molar-refractivity contribution >= 4 is 23.5 Å².